The number of rotatable bonds is 2. The van der Waals surface area contributed by atoms with Gasteiger partial charge < -0.3 is 14.7 Å². The fourth-order valence-corrected chi connectivity index (χ4v) is 2.67. The average Bonchev–Trinajstić information content (AvgIpc) is 2.92. The fourth-order valence-electron chi connectivity index (χ4n) is 2.67. The largest absolute Gasteiger partial charge is 0.444 e. The average molecular weight is 241 g/mol. The molecule has 1 N–H and O–H groups in total. The Labute approximate surface area is 103 Å². The van der Waals surface area contributed by atoms with Gasteiger partial charge in [-0.15, -0.1) is 0 Å². The van der Waals surface area contributed by atoms with Crippen molar-refractivity contribution >= 4 is 6.09 Å². The second-order valence-electron chi connectivity index (χ2n) is 6.29. The summed E-state index contributed by atoms with van der Waals surface area (Å²) in [6.07, 6.45) is 2.72. The Balaban J connectivity index is 1.98. The Morgan fingerprint density at radius 3 is 2.65 bits per heavy atom. The van der Waals surface area contributed by atoms with Crippen molar-refractivity contribution in [3.8, 4) is 0 Å². The van der Waals surface area contributed by atoms with Crippen LogP contribution in [-0.2, 0) is 4.74 Å². The second kappa shape index (κ2) is 4.48. The fraction of sp³-hybridized carbons (Fsp3) is 0.923. The highest BCUT2D eigenvalue weighted by Gasteiger charge is 2.47. The van der Waals surface area contributed by atoms with Crippen LogP contribution in [0.4, 0.5) is 4.79 Å². The van der Waals surface area contributed by atoms with Crippen molar-refractivity contribution in [2.45, 2.75) is 51.7 Å². The molecule has 0 aromatic heterocycles. The quantitative estimate of drug-likeness (QED) is 0.804. The Morgan fingerprint density at radius 2 is 2.06 bits per heavy atom. The molecular weight excluding hydrogens is 218 g/mol. The molecule has 2 fully saturated rings. The number of hydrogen-bond donors (Lipinski definition) is 1. The number of likely N-dealkylation sites (tertiary alicyclic amines) is 1. The number of piperidine rings is 1. The van der Waals surface area contributed by atoms with Crippen molar-refractivity contribution in [1.29, 1.82) is 0 Å². The molecule has 98 valence electrons. The molecule has 3 atom stereocenters. The lowest BCUT2D eigenvalue weighted by Gasteiger charge is -2.36. The zero-order valence-corrected chi connectivity index (χ0v) is 11.0. The number of nitrogens with zero attached hydrogens (tertiary/aromatic N) is 1. The lowest BCUT2D eigenvalue weighted by atomic mass is 10.00. The molecule has 1 saturated heterocycles. The van der Waals surface area contributed by atoms with Crippen LogP contribution >= 0.6 is 0 Å². The minimum Gasteiger partial charge on any atom is -0.444 e. The number of fused-ring (bicyclic) bond motifs is 1. The Bertz CT molecular complexity index is 298. The summed E-state index contributed by atoms with van der Waals surface area (Å²) < 4.78 is 5.43. The maximum atomic E-state index is 12.1. The van der Waals surface area contributed by atoms with E-state index in [1.807, 2.05) is 25.7 Å². The van der Waals surface area contributed by atoms with E-state index in [1.165, 1.54) is 6.42 Å². The number of carbonyl (C=O) groups excluding carboxylic acids is 1. The molecule has 0 radical (unpaired) electrons. The summed E-state index contributed by atoms with van der Waals surface area (Å²) >= 11 is 0. The molecule has 1 amide bonds. The van der Waals surface area contributed by atoms with Gasteiger partial charge in [0.05, 0.1) is 0 Å². The molecule has 17 heavy (non-hydrogen) atoms. The van der Waals surface area contributed by atoms with Gasteiger partial charge in [-0.2, -0.15) is 0 Å². The summed E-state index contributed by atoms with van der Waals surface area (Å²) in [4.78, 5) is 13.9. The van der Waals surface area contributed by atoms with Crippen LogP contribution < -0.4 is 0 Å². The SMILES string of the molecule is CC(C)(C)OC(=O)N1C[C@@H]2C[C@@H]2C[C@H]1CCO. The maximum absolute atomic E-state index is 12.1. The molecule has 1 aliphatic heterocycles. The summed E-state index contributed by atoms with van der Waals surface area (Å²) in [5.74, 6) is 1.46. The topological polar surface area (TPSA) is 49.8 Å². The molecule has 1 aliphatic carbocycles. The number of carbonyl (C=O) groups is 1. The number of aliphatic hydroxyl groups excluding tert-OH is 1. The van der Waals surface area contributed by atoms with Crippen molar-refractivity contribution in [3.05, 3.63) is 0 Å². The van der Waals surface area contributed by atoms with Gasteiger partial charge >= 0.3 is 6.09 Å². The van der Waals surface area contributed by atoms with Gasteiger partial charge in [0, 0.05) is 19.2 Å². The molecule has 4 heteroatoms. The lowest BCUT2D eigenvalue weighted by molar-refractivity contribution is 0.00580. The van der Waals surface area contributed by atoms with E-state index in [0.29, 0.717) is 12.3 Å². The Hall–Kier alpha value is -0.770. The van der Waals surface area contributed by atoms with E-state index in [2.05, 4.69) is 0 Å². The third kappa shape index (κ3) is 3.12. The van der Waals surface area contributed by atoms with Crippen molar-refractivity contribution < 1.29 is 14.6 Å². The first-order valence-corrected chi connectivity index (χ1v) is 6.51. The van der Waals surface area contributed by atoms with Gasteiger partial charge in [-0.05, 0) is 51.9 Å². The second-order valence-corrected chi connectivity index (χ2v) is 6.29. The van der Waals surface area contributed by atoms with Gasteiger partial charge in [0.2, 0.25) is 0 Å². The van der Waals surface area contributed by atoms with Crippen molar-refractivity contribution in [2.24, 2.45) is 11.8 Å². The standard InChI is InChI=1S/C13H23NO3/c1-13(2,3)17-12(16)14-8-10-6-9(10)7-11(14)4-5-15/h9-11,15H,4-8H2,1-3H3/t9-,10+,11-/m1/s1. The van der Waals surface area contributed by atoms with Gasteiger partial charge in [0.15, 0.2) is 0 Å². The first-order valence-electron chi connectivity index (χ1n) is 6.51. The number of ether oxygens (including phenoxy) is 1. The van der Waals surface area contributed by atoms with Crippen LogP contribution in [0.1, 0.15) is 40.0 Å². The number of aliphatic hydroxyl groups is 1. The van der Waals surface area contributed by atoms with E-state index < -0.39 is 5.60 Å². The summed E-state index contributed by atoms with van der Waals surface area (Å²) in [5, 5.41) is 9.07. The predicted molar refractivity (Wildman–Crippen MR) is 64.6 cm³/mol. The molecule has 1 saturated carbocycles. The van der Waals surface area contributed by atoms with E-state index in [4.69, 9.17) is 9.84 Å². The zero-order chi connectivity index (χ0) is 12.6. The third-order valence-corrected chi connectivity index (χ3v) is 3.61. The van der Waals surface area contributed by atoms with Crippen molar-refractivity contribution in [3.63, 3.8) is 0 Å². The molecule has 2 rings (SSSR count). The highest BCUT2D eigenvalue weighted by atomic mass is 16.6. The van der Waals surface area contributed by atoms with Gasteiger partial charge in [0.25, 0.3) is 0 Å². The van der Waals surface area contributed by atoms with Gasteiger partial charge in [0.1, 0.15) is 5.60 Å². The van der Waals surface area contributed by atoms with Crippen LogP contribution in [0, 0.1) is 11.8 Å². The van der Waals surface area contributed by atoms with Crippen LogP contribution in [0.15, 0.2) is 0 Å². The van der Waals surface area contributed by atoms with Gasteiger partial charge in [-0.25, -0.2) is 4.79 Å². The van der Waals surface area contributed by atoms with E-state index in [1.54, 1.807) is 0 Å². The molecule has 2 aliphatic rings. The molecule has 0 bridgehead atoms. The third-order valence-electron chi connectivity index (χ3n) is 3.61. The van der Waals surface area contributed by atoms with Crippen LogP contribution in [0.2, 0.25) is 0 Å². The lowest BCUT2D eigenvalue weighted by Crippen LogP contribution is -2.47. The van der Waals surface area contributed by atoms with Crippen molar-refractivity contribution in [1.82, 2.24) is 4.90 Å². The highest BCUT2D eigenvalue weighted by molar-refractivity contribution is 5.69. The molecular formula is C13H23NO3. The molecule has 0 aromatic carbocycles. The van der Waals surface area contributed by atoms with Crippen LogP contribution in [-0.4, -0.2) is 40.9 Å². The van der Waals surface area contributed by atoms with Gasteiger partial charge in [-0.1, -0.05) is 0 Å². The minimum absolute atomic E-state index is 0.140. The normalized spacial score (nSPS) is 32.0. The van der Waals surface area contributed by atoms with Gasteiger partial charge in [-0.3, -0.25) is 0 Å². The van der Waals surface area contributed by atoms with E-state index >= 15 is 0 Å². The van der Waals surface area contributed by atoms with Crippen molar-refractivity contribution in [2.75, 3.05) is 13.2 Å². The zero-order valence-electron chi connectivity index (χ0n) is 11.0. The molecule has 0 spiro atoms. The monoisotopic (exact) mass is 241 g/mol. The van der Waals surface area contributed by atoms with Crippen LogP contribution in [0.3, 0.4) is 0 Å². The van der Waals surface area contributed by atoms with E-state index in [9.17, 15) is 4.79 Å². The highest BCUT2D eigenvalue weighted by Crippen LogP contribution is 2.47. The maximum Gasteiger partial charge on any atom is 0.410 e. The molecule has 0 unspecified atom stereocenters. The van der Waals surface area contributed by atoms with E-state index in [-0.39, 0.29) is 18.7 Å². The predicted octanol–water partition coefficient (Wildman–Crippen LogP) is 2.01. The molecule has 1 heterocycles. The van der Waals surface area contributed by atoms with Crippen LogP contribution in [0.25, 0.3) is 0 Å². The Morgan fingerprint density at radius 1 is 1.35 bits per heavy atom. The van der Waals surface area contributed by atoms with E-state index in [0.717, 1.165) is 18.9 Å². The first kappa shape index (κ1) is 12.7. The number of amides is 1. The summed E-state index contributed by atoms with van der Waals surface area (Å²) in [7, 11) is 0. The first-order chi connectivity index (χ1) is 7.90. The molecule has 4 nitrogen and oxygen atoms in total. The number of hydrogen-bond acceptors (Lipinski definition) is 3. The summed E-state index contributed by atoms with van der Waals surface area (Å²) in [6, 6.07) is 0.165. The van der Waals surface area contributed by atoms with Crippen LogP contribution in [0.5, 0.6) is 0 Å². The smallest absolute Gasteiger partial charge is 0.410 e. The molecule has 0 aromatic rings. The minimum atomic E-state index is -0.443. The summed E-state index contributed by atoms with van der Waals surface area (Å²) in [6.45, 7) is 6.60. The Kier molecular flexibility index (Phi) is 3.34. The summed E-state index contributed by atoms with van der Waals surface area (Å²) in [5.41, 5.74) is -0.443.